The molecule has 1 aliphatic heterocycles. The van der Waals surface area contributed by atoms with Crippen LogP contribution in [0.4, 0.5) is 0 Å². The van der Waals surface area contributed by atoms with Gasteiger partial charge in [0.15, 0.2) is 0 Å². The lowest BCUT2D eigenvalue weighted by Gasteiger charge is -2.18. The minimum atomic E-state index is -0.406. The normalized spacial score (nSPS) is 19.0. The fourth-order valence-corrected chi connectivity index (χ4v) is 4.10. The molecule has 0 fully saturated rings. The summed E-state index contributed by atoms with van der Waals surface area (Å²) in [6.07, 6.45) is 1.74. The van der Waals surface area contributed by atoms with Crippen LogP contribution in [0.3, 0.4) is 0 Å². The summed E-state index contributed by atoms with van der Waals surface area (Å²) in [6, 6.07) is 8.36. The smallest absolute Gasteiger partial charge is 0.138 e. The minimum absolute atomic E-state index is 0.190. The first kappa shape index (κ1) is 14.6. The van der Waals surface area contributed by atoms with Crippen molar-refractivity contribution < 1.29 is 5.11 Å². The van der Waals surface area contributed by atoms with Gasteiger partial charge < -0.3 is 5.11 Å². The molecular weight excluding hydrogens is 282 g/mol. The highest BCUT2D eigenvalue weighted by Crippen LogP contribution is 2.41. The summed E-state index contributed by atoms with van der Waals surface area (Å²) in [6.45, 7) is 5.16. The molecule has 0 bridgehead atoms. The highest BCUT2D eigenvalue weighted by atomic mass is 32.2. The van der Waals surface area contributed by atoms with Gasteiger partial charge in [-0.3, -0.25) is 0 Å². The zero-order valence-corrected chi connectivity index (χ0v) is 13.3. The highest BCUT2D eigenvalue weighted by Gasteiger charge is 2.30. The summed E-state index contributed by atoms with van der Waals surface area (Å²) in [7, 11) is 0. The SMILES string of the molecule is CC(C)Cn1ncnc1CC(O)C1CSc2ccccc21. The van der Waals surface area contributed by atoms with Gasteiger partial charge in [0.05, 0.1) is 6.10 Å². The molecule has 5 heteroatoms. The molecule has 1 aromatic heterocycles. The van der Waals surface area contributed by atoms with Crippen LogP contribution in [0.2, 0.25) is 0 Å². The molecule has 21 heavy (non-hydrogen) atoms. The van der Waals surface area contributed by atoms with Crippen molar-refractivity contribution in [3.63, 3.8) is 0 Å². The van der Waals surface area contributed by atoms with Crippen LogP contribution in [0.1, 0.15) is 31.2 Å². The highest BCUT2D eigenvalue weighted by molar-refractivity contribution is 7.99. The van der Waals surface area contributed by atoms with Crippen LogP contribution in [0, 0.1) is 5.92 Å². The molecule has 2 aromatic rings. The summed E-state index contributed by atoms with van der Waals surface area (Å²) in [5.74, 6) is 2.53. The average molecular weight is 303 g/mol. The van der Waals surface area contributed by atoms with E-state index in [-0.39, 0.29) is 5.92 Å². The van der Waals surface area contributed by atoms with Crippen molar-refractivity contribution in [1.29, 1.82) is 0 Å². The van der Waals surface area contributed by atoms with Gasteiger partial charge in [-0.05, 0) is 17.5 Å². The number of rotatable bonds is 5. The maximum absolute atomic E-state index is 10.6. The molecule has 2 atom stereocenters. The van der Waals surface area contributed by atoms with Crippen LogP contribution in [0.5, 0.6) is 0 Å². The lowest BCUT2D eigenvalue weighted by molar-refractivity contribution is 0.147. The number of hydrogen-bond donors (Lipinski definition) is 1. The van der Waals surface area contributed by atoms with Gasteiger partial charge in [0.25, 0.3) is 0 Å². The van der Waals surface area contributed by atoms with Crippen molar-refractivity contribution in [2.75, 3.05) is 5.75 Å². The molecule has 1 aromatic carbocycles. The van der Waals surface area contributed by atoms with Gasteiger partial charge in [0.2, 0.25) is 0 Å². The molecule has 0 aliphatic carbocycles. The Kier molecular flexibility index (Phi) is 4.31. The molecule has 0 radical (unpaired) electrons. The number of fused-ring (bicyclic) bond motifs is 1. The van der Waals surface area contributed by atoms with Gasteiger partial charge in [0.1, 0.15) is 12.2 Å². The first-order chi connectivity index (χ1) is 10.1. The Balaban J connectivity index is 1.73. The van der Waals surface area contributed by atoms with Crippen LogP contribution >= 0.6 is 11.8 Å². The number of aliphatic hydroxyl groups excluding tert-OH is 1. The van der Waals surface area contributed by atoms with Crippen LogP contribution in [-0.2, 0) is 13.0 Å². The van der Waals surface area contributed by atoms with Gasteiger partial charge in [-0.15, -0.1) is 11.8 Å². The summed E-state index contributed by atoms with van der Waals surface area (Å²) in [5.41, 5.74) is 1.27. The third kappa shape index (κ3) is 3.14. The van der Waals surface area contributed by atoms with E-state index < -0.39 is 6.10 Å². The van der Waals surface area contributed by atoms with Crippen LogP contribution < -0.4 is 0 Å². The molecular formula is C16H21N3OS. The second-order valence-electron chi connectivity index (χ2n) is 5.98. The number of aromatic nitrogens is 3. The summed E-state index contributed by atoms with van der Waals surface area (Å²) < 4.78 is 1.92. The maximum atomic E-state index is 10.6. The Morgan fingerprint density at radius 2 is 2.19 bits per heavy atom. The van der Waals surface area contributed by atoms with Crippen molar-refractivity contribution >= 4 is 11.8 Å². The third-order valence-corrected chi connectivity index (χ3v) is 5.04. The van der Waals surface area contributed by atoms with Crippen LogP contribution in [-0.4, -0.2) is 31.7 Å². The van der Waals surface area contributed by atoms with Gasteiger partial charge in [-0.2, -0.15) is 5.10 Å². The van der Waals surface area contributed by atoms with Crippen molar-refractivity contribution in [2.24, 2.45) is 5.92 Å². The van der Waals surface area contributed by atoms with E-state index in [1.54, 1.807) is 6.33 Å². The standard InChI is InChI=1S/C16H21N3OS/c1-11(2)8-19-16(17-10-18-19)7-14(20)13-9-21-15-6-4-3-5-12(13)15/h3-6,10-11,13-14,20H,7-9H2,1-2H3. The Hall–Kier alpha value is -1.33. The van der Waals surface area contributed by atoms with Gasteiger partial charge in [0, 0.05) is 29.5 Å². The molecule has 0 amide bonds. The van der Waals surface area contributed by atoms with E-state index in [9.17, 15) is 5.11 Å². The molecule has 0 saturated carbocycles. The van der Waals surface area contributed by atoms with Gasteiger partial charge in [-0.25, -0.2) is 9.67 Å². The maximum Gasteiger partial charge on any atom is 0.138 e. The molecule has 1 N–H and O–H groups in total. The van der Waals surface area contributed by atoms with E-state index in [2.05, 4.69) is 42.1 Å². The first-order valence-corrected chi connectivity index (χ1v) is 8.40. The minimum Gasteiger partial charge on any atom is -0.392 e. The predicted molar refractivity (Wildman–Crippen MR) is 84.5 cm³/mol. The van der Waals surface area contributed by atoms with Crippen molar-refractivity contribution in [2.45, 2.75) is 43.7 Å². The van der Waals surface area contributed by atoms with Gasteiger partial charge >= 0.3 is 0 Å². The second kappa shape index (κ2) is 6.20. The van der Waals surface area contributed by atoms with Crippen LogP contribution in [0.25, 0.3) is 0 Å². The van der Waals surface area contributed by atoms with E-state index in [0.29, 0.717) is 12.3 Å². The van der Waals surface area contributed by atoms with E-state index in [0.717, 1.165) is 18.1 Å². The number of aliphatic hydroxyl groups is 1. The van der Waals surface area contributed by atoms with Crippen molar-refractivity contribution in [1.82, 2.24) is 14.8 Å². The monoisotopic (exact) mass is 303 g/mol. The number of nitrogens with zero attached hydrogens (tertiary/aromatic N) is 3. The van der Waals surface area contributed by atoms with E-state index in [1.807, 2.05) is 22.5 Å². The van der Waals surface area contributed by atoms with E-state index in [1.165, 1.54) is 10.5 Å². The van der Waals surface area contributed by atoms with Gasteiger partial charge in [-0.1, -0.05) is 32.0 Å². The molecule has 3 rings (SSSR count). The second-order valence-corrected chi connectivity index (χ2v) is 7.04. The summed E-state index contributed by atoms with van der Waals surface area (Å²) >= 11 is 1.83. The predicted octanol–water partition coefficient (Wildman–Crippen LogP) is 2.73. The number of benzene rings is 1. The molecule has 1 aliphatic rings. The quantitative estimate of drug-likeness (QED) is 0.923. The average Bonchev–Trinajstić information content (AvgIpc) is 3.05. The summed E-state index contributed by atoms with van der Waals surface area (Å²) in [5, 5.41) is 14.9. The number of thioether (sulfide) groups is 1. The lowest BCUT2D eigenvalue weighted by Crippen LogP contribution is -2.24. The zero-order chi connectivity index (χ0) is 14.8. The summed E-state index contributed by atoms with van der Waals surface area (Å²) in [4.78, 5) is 5.62. The lowest BCUT2D eigenvalue weighted by atomic mass is 9.93. The fraction of sp³-hybridized carbons (Fsp3) is 0.500. The topological polar surface area (TPSA) is 50.9 Å². The molecule has 0 saturated heterocycles. The van der Waals surface area contributed by atoms with Crippen molar-refractivity contribution in [3.05, 3.63) is 42.0 Å². The number of hydrogen-bond acceptors (Lipinski definition) is 4. The van der Waals surface area contributed by atoms with E-state index >= 15 is 0 Å². The Morgan fingerprint density at radius 1 is 1.38 bits per heavy atom. The molecule has 2 heterocycles. The van der Waals surface area contributed by atoms with Crippen LogP contribution in [0.15, 0.2) is 35.5 Å². The molecule has 2 unspecified atom stereocenters. The Labute approximate surface area is 129 Å². The molecule has 0 spiro atoms. The Bertz CT molecular complexity index is 611. The molecule has 112 valence electrons. The molecule has 4 nitrogen and oxygen atoms in total. The third-order valence-electron chi connectivity index (χ3n) is 3.83. The van der Waals surface area contributed by atoms with E-state index in [4.69, 9.17) is 0 Å². The Morgan fingerprint density at radius 3 is 3.00 bits per heavy atom. The fourth-order valence-electron chi connectivity index (χ4n) is 2.78. The van der Waals surface area contributed by atoms with Crippen molar-refractivity contribution in [3.8, 4) is 0 Å². The largest absolute Gasteiger partial charge is 0.392 e. The zero-order valence-electron chi connectivity index (χ0n) is 12.4. The first-order valence-electron chi connectivity index (χ1n) is 7.41.